The molecule has 11 heteroatoms. The van der Waals surface area contributed by atoms with Crippen LogP contribution >= 0.6 is 0 Å². The average molecular weight is 441 g/mol. The number of rotatable bonds is 9. The maximum Gasteiger partial charge on any atom is 0.423 e. The number of ether oxygens (including phenoxy) is 2. The number of benzene rings is 1. The van der Waals surface area contributed by atoms with E-state index in [0.717, 1.165) is 10.9 Å². The van der Waals surface area contributed by atoms with Crippen LogP contribution < -0.4 is 15.2 Å². The number of aliphatic carboxylic acids is 1. The zero-order valence-corrected chi connectivity index (χ0v) is 16.8. The fourth-order valence-corrected chi connectivity index (χ4v) is 3.29. The molecule has 1 fully saturated rings. The number of nitrogens with zero attached hydrogens (tertiary/aromatic N) is 3. The molecule has 0 bridgehead atoms. The lowest BCUT2D eigenvalue weighted by Crippen LogP contribution is -2.52. The molecule has 1 aliphatic heterocycles. The first-order chi connectivity index (χ1) is 14.7. The van der Waals surface area contributed by atoms with Crippen molar-refractivity contribution in [2.45, 2.75) is 31.6 Å². The molecule has 2 heterocycles. The van der Waals surface area contributed by atoms with Gasteiger partial charge < -0.3 is 19.5 Å². The Kier molecular flexibility index (Phi) is 6.84. The Balaban J connectivity index is 1.82. The smallest absolute Gasteiger partial charge is 0.423 e. The molecule has 0 radical (unpaired) electrons. The van der Waals surface area contributed by atoms with Crippen LogP contribution in [0, 0.1) is 0 Å². The summed E-state index contributed by atoms with van der Waals surface area (Å²) >= 11 is 0. The maximum atomic E-state index is 13.8. The number of hydrogen-bond donors (Lipinski definition) is 1. The topological polar surface area (TPSA) is 93.9 Å². The summed E-state index contributed by atoms with van der Waals surface area (Å²) in [5, 5.41) is 12.6. The molecule has 1 aliphatic rings. The number of methoxy groups -OCH3 is 1. The fraction of sp³-hybridized carbons (Fsp3) is 0.450. The molecule has 1 aromatic carbocycles. The lowest BCUT2D eigenvalue weighted by atomic mass is 10.0. The van der Waals surface area contributed by atoms with Crippen molar-refractivity contribution in [3.8, 4) is 5.75 Å². The third-order valence-corrected chi connectivity index (χ3v) is 5.02. The van der Waals surface area contributed by atoms with E-state index in [2.05, 4.69) is 5.10 Å². The molecule has 1 aromatic heterocycles. The van der Waals surface area contributed by atoms with Gasteiger partial charge >= 0.3 is 12.1 Å². The third-order valence-electron chi connectivity index (χ3n) is 5.02. The van der Waals surface area contributed by atoms with Crippen LogP contribution in [0.5, 0.6) is 5.75 Å². The van der Waals surface area contributed by atoms with Crippen LogP contribution in [0.3, 0.4) is 0 Å². The summed E-state index contributed by atoms with van der Waals surface area (Å²) in [6, 6.07) is 6.21. The number of carboxylic acid groups (broad SMARTS) is 1. The van der Waals surface area contributed by atoms with Gasteiger partial charge in [-0.15, -0.1) is 0 Å². The molecule has 1 saturated heterocycles. The normalized spacial score (nSPS) is 16.1. The molecule has 0 aliphatic carbocycles. The third kappa shape index (κ3) is 5.35. The van der Waals surface area contributed by atoms with Crippen molar-refractivity contribution in [2.24, 2.45) is 0 Å². The summed E-state index contributed by atoms with van der Waals surface area (Å²) in [4.78, 5) is 24.6. The van der Waals surface area contributed by atoms with Crippen molar-refractivity contribution in [1.29, 1.82) is 0 Å². The lowest BCUT2D eigenvalue weighted by Gasteiger charge is -2.43. The quantitative estimate of drug-likeness (QED) is 0.597. The van der Waals surface area contributed by atoms with E-state index in [1.54, 1.807) is 24.3 Å². The van der Waals surface area contributed by atoms with E-state index in [1.165, 1.54) is 12.0 Å². The predicted molar refractivity (Wildman–Crippen MR) is 104 cm³/mol. The van der Waals surface area contributed by atoms with Crippen LogP contribution in [-0.2, 0) is 22.3 Å². The number of aromatic nitrogens is 2. The molecule has 168 valence electrons. The molecular formula is C20H22F3N3O5. The molecule has 0 saturated carbocycles. The van der Waals surface area contributed by atoms with Gasteiger partial charge in [0.15, 0.2) is 0 Å². The van der Waals surface area contributed by atoms with Gasteiger partial charge in [0.25, 0.3) is 5.56 Å². The summed E-state index contributed by atoms with van der Waals surface area (Å²) in [6.45, 7) is 0.237. The first-order valence-electron chi connectivity index (χ1n) is 9.57. The summed E-state index contributed by atoms with van der Waals surface area (Å²) in [5.41, 5.74) is -2.18. The molecule has 0 spiro atoms. The lowest BCUT2D eigenvalue weighted by molar-refractivity contribution is -0.139. The highest BCUT2D eigenvalue weighted by Gasteiger charge is 2.42. The van der Waals surface area contributed by atoms with Crippen molar-refractivity contribution in [3.05, 3.63) is 51.9 Å². The number of anilines is 1. The molecule has 3 rings (SSSR count). The molecule has 8 nitrogen and oxygen atoms in total. The molecule has 1 N–H and O–H groups in total. The minimum atomic E-state index is -4.86. The highest BCUT2D eigenvalue weighted by Crippen LogP contribution is 2.37. The Morgan fingerprint density at radius 3 is 2.55 bits per heavy atom. The van der Waals surface area contributed by atoms with E-state index < -0.39 is 23.3 Å². The predicted octanol–water partition coefficient (Wildman–Crippen LogP) is 2.39. The minimum Gasteiger partial charge on any atom is -0.497 e. The number of halogens is 3. The van der Waals surface area contributed by atoms with Crippen molar-refractivity contribution in [3.63, 3.8) is 0 Å². The SMILES string of the molecule is COc1ccc(Cn2ncc(N3CC[C@H]3COCCC(=O)O)c(C(F)(F)F)c2=O)cc1. The van der Waals surface area contributed by atoms with Crippen LogP contribution in [0.2, 0.25) is 0 Å². The van der Waals surface area contributed by atoms with E-state index in [9.17, 15) is 22.8 Å². The highest BCUT2D eigenvalue weighted by molar-refractivity contribution is 5.66. The Bertz CT molecular complexity index is 976. The monoisotopic (exact) mass is 441 g/mol. The first-order valence-corrected chi connectivity index (χ1v) is 9.57. The summed E-state index contributed by atoms with van der Waals surface area (Å²) < 4.78 is 52.5. The summed E-state index contributed by atoms with van der Waals surface area (Å²) in [6.07, 6.45) is -3.43. The molecule has 1 atom stereocenters. The molecule has 0 amide bonds. The van der Waals surface area contributed by atoms with Crippen LogP contribution in [0.15, 0.2) is 35.3 Å². The van der Waals surface area contributed by atoms with Gasteiger partial charge in [0, 0.05) is 6.54 Å². The van der Waals surface area contributed by atoms with Gasteiger partial charge in [-0.1, -0.05) is 12.1 Å². The summed E-state index contributed by atoms with van der Waals surface area (Å²) in [7, 11) is 1.50. The van der Waals surface area contributed by atoms with Crippen molar-refractivity contribution in [2.75, 3.05) is 31.8 Å². The standard InChI is InChI=1S/C20H22F3N3O5/c1-30-15-4-2-13(3-5-15)11-26-19(29)18(20(21,22)23)16(10-24-26)25-8-6-14(25)12-31-9-7-17(27)28/h2-5,10,14H,6-9,11-12H2,1H3,(H,27,28)/t14-/m0/s1. The van der Waals surface area contributed by atoms with Crippen LogP contribution in [0.1, 0.15) is 24.0 Å². The first kappa shape index (κ1) is 22.6. The van der Waals surface area contributed by atoms with Gasteiger partial charge in [0.2, 0.25) is 0 Å². The molecule has 31 heavy (non-hydrogen) atoms. The number of alkyl halides is 3. The highest BCUT2D eigenvalue weighted by atomic mass is 19.4. The Labute approximate surface area is 175 Å². The van der Waals surface area contributed by atoms with Gasteiger partial charge in [-0.2, -0.15) is 18.3 Å². The summed E-state index contributed by atoms with van der Waals surface area (Å²) in [5.74, 6) is -0.431. The van der Waals surface area contributed by atoms with Crippen LogP contribution in [-0.4, -0.2) is 53.8 Å². The Morgan fingerprint density at radius 2 is 2.00 bits per heavy atom. The molecular weight excluding hydrogens is 419 g/mol. The Hall–Kier alpha value is -3.08. The molecule has 0 unspecified atom stereocenters. The second-order valence-electron chi connectivity index (χ2n) is 7.07. The minimum absolute atomic E-state index is 0.0342. The number of hydrogen-bond acceptors (Lipinski definition) is 6. The van der Waals surface area contributed by atoms with Gasteiger partial charge in [0.1, 0.15) is 11.3 Å². The van der Waals surface area contributed by atoms with E-state index in [-0.39, 0.29) is 37.9 Å². The van der Waals surface area contributed by atoms with E-state index in [0.29, 0.717) is 24.3 Å². The van der Waals surface area contributed by atoms with Crippen molar-refractivity contribution < 1.29 is 32.5 Å². The zero-order chi connectivity index (χ0) is 22.6. The van der Waals surface area contributed by atoms with E-state index >= 15 is 0 Å². The van der Waals surface area contributed by atoms with Crippen LogP contribution in [0.25, 0.3) is 0 Å². The van der Waals surface area contributed by atoms with Crippen LogP contribution in [0.4, 0.5) is 18.9 Å². The number of carbonyl (C=O) groups is 1. The zero-order valence-electron chi connectivity index (χ0n) is 16.8. The van der Waals surface area contributed by atoms with E-state index in [4.69, 9.17) is 14.6 Å². The van der Waals surface area contributed by atoms with Gasteiger partial charge in [-0.25, -0.2) is 4.68 Å². The maximum absolute atomic E-state index is 13.8. The fourth-order valence-electron chi connectivity index (χ4n) is 3.29. The molecule has 2 aromatic rings. The second kappa shape index (κ2) is 9.38. The van der Waals surface area contributed by atoms with Crippen molar-refractivity contribution >= 4 is 11.7 Å². The van der Waals surface area contributed by atoms with Gasteiger partial charge in [-0.05, 0) is 24.1 Å². The second-order valence-corrected chi connectivity index (χ2v) is 7.07. The average Bonchev–Trinajstić information content (AvgIpc) is 2.68. The Morgan fingerprint density at radius 1 is 1.29 bits per heavy atom. The van der Waals surface area contributed by atoms with Gasteiger partial charge in [0.05, 0.1) is 51.2 Å². The van der Waals surface area contributed by atoms with E-state index in [1.807, 2.05) is 0 Å². The number of carboxylic acids is 1. The largest absolute Gasteiger partial charge is 0.497 e. The van der Waals surface area contributed by atoms with Crippen molar-refractivity contribution in [1.82, 2.24) is 9.78 Å². The van der Waals surface area contributed by atoms with Gasteiger partial charge in [-0.3, -0.25) is 9.59 Å².